The molecule has 1 amide bonds. The van der Waals surface area contributed by atoms with E-state index in [1.54, 1.807) is 25.3 Å². The van der Waals surface area contributed by atoms with Crippen molar-refractivity contribution in [2.45, 2.75) is 6.42 Å². The number of carbonyl (C=O) groups is 1. The Bertz CT molecular complexity index is 673. The molecule has 2 aromatic carbocycles. The number of halogens is 1. The maximum atomic E-state index is 11.9. The first-order valence-electron chi connectivity index (χ1n) is 7.49. The zero-order chi connectivity index (χ0) is 17.4. The van der Waals surface area contributed by atoms with Crippen LogP contribution >= 0.6 is 11.6 Å². The summed E-state index contributed by atoms with van der Waals surface area (Å²) in [5, 5.41) is 3.51. The Kier molecular flexibility index (Phi) is 6.75. The molecular weight excluding hydrogens is 330 g/mol. The molecule has 128 valence electrons. The van der Waals surface area contributed by atoms with Crippen molar-refractivity contribution >= 4 is 17.5 Å². The molecule has 2 rings (SSSR count). The predicted molar refractivity (Wildman–Crippen MR) is 93.2 cm³/mol. The van der Waals surface area contributed by atoms with E-state index in [2.05, 4.69) is 5.32 Å². The molecule has 0 aliphatic heterocycles. The fourth-order valence-electron chi connectivity index (χ4n) is 2.16. The van der Waals surface area contributed by atoms with Crippen molar-refractivity contribution in [2.75, 3.05) is 27.4 Å². The van der Waals surface area contributed by atoms with Crippen LogP contribution in [0.2, 0.25) is 5.02 Å². The first-order chi connectivity index (χ1) is 11.6. The predicted octanol–water partition coefficient (Wildman–Crippen LogP) is 3.09. The van der Waals surface area contributed by atoms with Gasteiger partial charge in [-0.3, -0.25) is 4.79 Å². The number of rotatable bonds is 8. The number of para-hydroxylation sites is 1. The van der Waals surface area contributed by atoms with Crippen molar-refractivity contribution in [3.63, 3.8) is 0 Å². The summed E-state index contributed by atoms with van der Waals surface area (Å²) in [6.07, 6.45) is 0.728. The third-order valence-electron chi connectivity index (χ3n) is 3.37. The quantitative estimate of drug-likeness (QED) is 0.795. The fraction of sp³-hybridized carbons (Fsp3) is 0.278. The van der Waals surface area contributed by atoms with E-state index in [-0.39, 0.29) is 12.5 Å². The molecule has 0 spiro atoms. The molecule has 2 aromatic rings. The average molecular weight is 350 g/mol. The van der Waals surface area contributed by atoms with Gasteiger partial charge in [-0.25, -0.2) is 0 Å². The van der Waals surface area contributed by atoms with E-state index in [9.17, 15) is 4.79 Å². The molecule has 0 aliphatic rings. The maximum Gasteiger partial charge on any atom is 0.257 e. The topological polar surface area (TPSA) is 56.8 Å². The van der Waals surface area contributed by atoms with Crippen molar-refractivity contribution in [1.29, 1.82) is 0 Å². The maximum absolute atomic E-state index is 11.9. The highest BCUT2D eigenvalue weighted by atomic mass is 35.5. The van der Waals surface area contributed by atoms with Crippen LogP contribution in [0.25, 0.3) is 0 Å². The Morgan fingerprint density at radius 1 is 1.04 bits per heavy atom. The molecule has 0 saturated heterocycles. The largest absolute Gasteiger partial charge is 0.493 e. The van der Waals surface area contributed by atoms with Gasteiger partial charge in [-0.1, -0.05) is 29.8 Å². The van der Waals surface area contributed by atoms with Crippen LogP contribution in [0.4, 0.5) is 0 Å². The highest BCUT2D eigenvalue weighted by Gasteiger charge is 2.12. The normalized spacial score (nSPS) is 10.1. The van der Waals surface area contributed by atoms with Crippen LogP contribution < -0.4 is 19.5 Å². The van der Waals surface area contributed by atoms with Gasteiger partial charge in [-0.05, 0) is 36.2 Å². The molecule has 0 bridgehead atoms. The summed E-state index contributed by atoms with van der Waals surface area (Å²) in [4.78, 5) is 11.9. The van der Waals surface area contributed by atoms with Gasteiger partial charge >= 0.3 is 0 Å². The molecule has 24 heavy (non-hydrogen) atoms. The lowest BCUT2D eigenvalue weighted by molar-refractivity contribution is -0.123. The number of methoxy groups -OCH3 is 2. The van der Waals surface area contributed by atoms with Gasteiger partial charge in [0.2, 0.25) is 5.75 Å². The van der Waals surface area contributed by atoms with Crippen LogP contribution in [0.5, 0.6) is 17.2 Å². The lowest BCUT2D eigenvalue weighted by atomic mass is 10.1. The first kappa shape index (κ1) is 17.9. The van der Waals surface area contributed by atoms with Gasteiger partial charge in [-0.15, -0.1) is 0 Å². The highest BCUT2D eigenvalue weighted by molar-refractivity contribution is 6.30. The minimum absolute atomic E-state index is 0.0931. The molecule has 0 saturated carbocycles. The monoisotopic (exact) mass is 349 g/mol. The lowest BCUT2D eigenvalue weighted by Gasteiger charge is -2.13. The van der Waals surface area contributed by atoms with E-state index in [1.165, 1.54) is 7.11 Å². The molecule has 0 unspecified atom stereocenters. The number of carbonyl (C=O) groups excluding carboxylic acids is 1. The highest BCUT2D eigenvalue weighted by Crippen LogP contribution is 2.36. The van der Waals surface area contributed by atoms with E-state index in [1.807, 2.05) is 24.3 Å². The molecule has 0 heterocycles. The van der Waals surface area contributed by atoms with Gasteiger partial charge in [0, 0.05) is 11.6 Å². The van der Waals surface area contributed by atoms with Crippen molar-refractivity contribution < 1.29 is 19.0 Å². The first-order valence-corrected chi connectivity index (χ1v) is 7.86. The van der Waals surface area contributed by atoms with Gasteiger partial charge in [-0.2, -0.15) is 0 Å². The van der Waals surface area contributed by atoms with E-state index < -0.39 is 0 Å². The Morgan fingerprint density at radius 3 is 2.42 bits per heavy atom. The van der Waals surface area contributed by atoms with Crippen LogP contribution in [0.3, 0.4) is 0 Å². The van der Waals surface area contributed by atoms with Crippen molar-refractivity contribution in [1.82, 2.24) is 5.32 Å². The zero-order valence-electron chi connectivity index (χ0n) is 13.7. The molecule has 0 radical (unpaired) electrons. The number of hydrogen-bond donors (Lipinski definition) is 1. The number of nitrogens with one attached hydrogen (secondary N) is 1. The second-order valence-corrected chi connectivity index (χ2v) is 5.44. The van der Waals surface area contributed by atoms with Crippen LogP contribution in [0.15, 0.2) is 42.5 Å². The summed E-state index contributed by atoms with van der Waals surface area (Å²) in [5.74, 6) is 1.28. The fourth-order valence-corrected chi connectivity index (χ4v) is 2.29. The number of ether oxygens (including phenoxy) is 3. The van der Waals surface area contributed by atoms with E-state index >= 15 is 0 Å². The molecule has 1 N–H and O–H groups in total. The van der Waals surface area contributed by atoms with Gasteiger partial charge in [0.25, 0.3) is 5.91 Å². The summed E-state index contributed by atoms with van der Waals surface area (Å²) < 4.78 is 16.0. The van der Waals surface area contributed by atoms with E-state index in [0.717, 1.165) is 12.0 Å². The second-order valence-electron chi connectivity index (χ2n) is 5.01. The molecule has 5 nitrogen and oxygen atoms in total. The smallest absolute Gasteiger partial charge is 0.257 e. The molecule has 6 heteroatoms. The molecule has 0 fully saturated rings. The molecular formula is C18H20ClNO4. The van der Waals surface area contributed by atoms with E-state index in [4.69, 9.17) is 25.8 Å². The van der Waals surface area contributed by atoms with E-state index in [0.29, 0.717) is 28.8 Å². The summed E-state index contributed by atoms with van der Waals surface area (Å²) >= 11 is 5.84. The van der Waals surface area contributed by atoms with Crippen molar-refractivity contribution in [3.05, 3.63) is 53.1 Å². The van der Waals surface area contributed by atoms with Crippen LogP contribution in [0, 0.1) is 0 Å². The third-order valence-corrected chi connectivity index (χ3v) is 3.63. The van der Waals surface area contributed by atoms with Gasteiger partial charge in [0.05, 0.1) is 14.2 Å². The minimum Gasteiger partial charge on any atom is -0.493 e. The Labute approximate surface area is 146 Å². The third kappa shape index (κ3) is 5.06. The summed E-state index contributed by atoms with van der Waals surface area (Å²) in [6, 6.07) is 12.8. The minimum atomic E-state index is -0.200. The Morgan fingerprint density at radius 2 is 1.75 bits per heavy atom. The van der Waals surface area contributed by atoms with Crippen LogP contribution in [-0.2, 0) is 11.2 Å². The Hall–Kier alpha value is -2.40. The standard InChI is InChI=1S/C18H20ClNO4/c1-22-15-4-3-5-16(18(15)23-2)24-12-17(21)20-11-10-13-6-8-14(19)9-7-13/h3-9H,10-12H2,1-2H3,(H,20,21). The molecule has 0 aromatic heterocycles. The molecule has 0 atom stereocenters. The van der Waals surface area contributed by atoms with Gasteiger partial charge in [0.15, 0.2) is 18.1 Å². The van der Waals surface area contributed by atoms with Gasteiger partial charge < -0.3 is 19.5 Å². The lowest BCUT2D eigenvalue weighted by Crippen LogP contribution is -2.30. The average Bonchev–Trinajstić information content (AvgIpc) is 2.61. The van der Waals surface area contributed by atoms with Crippen molar-refractivity contribution in [2.24, 2.45) is 0 Å². The second kappa shape index (κ2) is 9.03. The van der Waals surface area contributed by atoms with Crippen LogP contribution in [-0.4, -0.2) is 33.3 Å². The summed E-state index contributed by atoms with van der Waals surface area (Å²) in [5.41, 5.74) is 1.11. The van der Waals surface area contributed by atoms with Crippen molar-refractivity contribution in [3.8, 4) is 17.2 Å². The number of amides is 1. The summed E-state index contributed by atoms with van der Waals surface area (Å²) in [7, 11) is 3.07. The number of hydrogen-bond acceptors (Lipinski definition) is 4. The van der Waals surface area contributed by atoms with Gasteiger partial charge in [0.1, 0.15) is 0 Å². The summed E-state index contributed by atoms with van der Waals surface area (Å²) in [6.45, 7) is 0.434. The molecule has 0 aliphatic carbocycles. The Balaban J connectivity index is 1.80. The SMILES string of the molecule is COc1cccc(OCC(=O)NCCc2ccc(Cl)cc2)c1OC. The zero-order valence-corrected chi connectivity index (χ0v) is 14.4. The van der Waals surface area contributed by atoms with Crippen LogP contribution in [0.1, 0.15) is 5.56 Å². The number of benzene rings is 2.